The molecular weight excluding hydrogens is 422 g/mol. The number of carbonyl (C=O) groups excluding carboxylic acids is 1. The quantitative estimate of drug-likeness (QED) is 0.493. The van der Waals surface area contributed by atoms with Gasteiger partial charge in [-0.3, -0.25) is 19.6 Å². The predicted octanol–water partition coefficient (Wildman–Crippen LogP) is 2.39. The lowest BCUT2D eigenvalue weighted by atomic mass is 10.1. The van der Waals surface area contributed by atoms with Crippen LogP contribution in [0.25, 0.3) is 0 Å². The Labute approximate surface area is 181 Å². The van der Waals surface area contributed by atoms with Gasteiger partial charge in [-0.1, -0.05) is 19.9 Å². The summed E-state index contributed by atoms with van der Waals surface area (Å²) in [7, 11) is -3.91. The molecule has 2 heterocycles. The molecule has 0 saturated carbocycles. The molecule has 31 heavy (non-hydrogen) atoms. The number of rotatable bonds is 6. The van der Waals surface area contributed by atoms with Crippen molar-refractivity contribution >= 4 is 21.6 Å². The van der Waals surface area contributed by atoms with Crippen LogP contribution in [0.2, 0.25) is 0 Å². The summed E-state index contributed by atoms with van der Waals surface area (Å²) in [5.74, 6) is 0.0179. The van der Waals surface area contributed by atoms with Gasteiger partial charge in [-0.25, -0.2) is 8.42 Å². The van der Waals surface area contributed by atoms with E-state index >= 15 is 0 Å². The summed E-state index contributed by atoms with van der Waals surface area (Å²) in [4.78, 5) is 25.0. The molecule has 1 aliphatic rings. The molecule has 1 saturated heterocycles. The normalized spacial score (nSPS) is 15.5. The van der Waals surface area contributed by atoms with E-state index in [2.05, 4.69) is 5.10 Å². The molecule has 1 aromatic heterocycles. The van der Waals surface area contributed by atoms with Gasteiger partial charge >= 0.3 is 0 Å². The fraction of sp³-hybridized carbons (Fsp3) is 0.500. The summed E-state index contributed by atoms with van der Waals surface area (Å²) < 4.78 is 29.1. The molecule has 0 spiro atoms. The van der Waals surface area contributed by atoms with Gasteiger partial charge in [0.1, 0.15) is 5.69 Å². The number of non-ortho nitro benzene ring substituents is 1. The summed E-state index contributed by atoms with van der Waals surface area (Å²) in [5.41, 5.74) is 1.51. The Morgan fingerprint density at radius 3 is 2.39 bits per heavy atom. The summed E-state index contributed by atoms with van der Waals surface area (Å²) in [5, 5.41) is 15.5. The monoisotopic (exact) mass is 449 g/mol. The minimum atomic E-state index is -3.91. The average molecular weight is 450 g/mol. The second-order valence-corrected chi connectivity index (χ2v) is 9.73. The molecule has 0 bridgehead atoms. The number of aryl methyl sites for hydroxylation is 2. The minimum Gasteiger partial charge on any atom is -0.335 e. The van der Waals surface area contributed by atoms with Crippen molar-refractivity contribution in [2.75, 3.05) is 26.2 Å². The zero-order valence-corrected chi connectivity index (χ0v) is 18.9. The van der Waals surface area contributed by atoms with Crippen LogP contribution in [0.5, 0.6) is 0 Å². The number of hydrogen-bond acceptors (Lipinski definition) is 6. The molecule has 0 N–H and O–H groups in total. The number of carbonyl (C=O) groups is 1. The number of nitro groups is 1. The largest absolute Gasteiger partial charge is 0.335 e. The van der Waals surface area contributed by atoms with Crippen LogP contribution in [-0.4, -0.2) is 64.4 Å². The first kappa shape index (κ1) is 22.9. The van der Waals surface area contributed by atoms with Gasteiger partial charge in [0.05, 0.1) is 15.5 Å². The highest BCUT2D eigenvalue weighted by Gasteiger charge is 2.33. The highest BCUT2D eigenvalue weighted by atomic mass is 32.2. The molecule has 1 aliphatic heterocycles. The first-order valence-electron chi connectivity index (χ1n) is 10.2. The molecule has 3 rings (SSSR count). The number of sulfonamides is 1. The second-order valence-electron chi connectivity index (χ2n) is 7.83. The van der Waals surface area contributed by atoms with Crippen molar-refractivity contribution in [1.29, 1.82) is 0 Å². The maximum Gasteiger partial charge on any atom is 0.272 e. The fourth-order valence-electron chi connectivity index (χ4n) is 3.54. The lowest BCUT2D eigenvalue weighted by molar-refractivity contribution is -0.385. The maximum absolute atomic E-state index is 13.1. The Bertz CT molecular complexity index is 1100. The van der Waals surface area contributed by atoms with Gasteiger partial charge in [-0.2, -0.15) is 9.40 Å². The van der Waals surface area contributed by atoms with Crippen molar-refractivity contribution in [2.24, 2.45) is 0 Å². The van der Waals surface area contributed by atoms with E-state index in [1.807, 2.05) is 20.8 Å². The zero-order chi connectivity index (χ0) is 22.9. The molecule has 11 heteroatoms. The van der Waals surface area contributed by atoms with Crippen LogP contribution >= 0.6 is 0 Å². The molecule has 1 aromatic carbocycles. The molecule has 1 amide bonds. The number of piperazine rings is 1. The topological polar surface area (TPSA) is 119 Å². The van der Waals surface area contributed by atoms with Crippen LogP contribution in [0.15, 0.2) is 29.2 Å². The van der Waals surface area contributed by atoms with Crippen LogP contribution in [0, 0.1) is 17.0 Å². The minimum absolute atomic E-state index is 0.0767. The van der Waals surface area contributed by atoms with Crippen molar-refractivity contribution in [3.05, 3.63) is 51.3 Å². The molecular formula is C20H27N5O5S. The number of nitrogens with zero attached hydrogens (tertiary/aromatic N) is 5. The zero-order valence-electron chi connectivity index (χ0n) is 18.1. The van der Waals surface area contributed by atoms with Gasteiger partial charge in [-0.15, -0.1) is 0 Å². The SMILES string of the molecule is CCn1nc(C(C)C)cc1C(=O)N1CCN(S(=O)(=O)c2cc([N+](=O)[O-])ccc2C)CC1. The average Bonchev–Trinajstić information content (AvgIpc) is 3.18. The van der Waals surface area contributed by atoms with E-state index in [9.17, 15) is 23.3 Å². The highest BCUT2D eigenvalue weighted by molar-refractivity contribution is 7.89. The van der Waals surface area contributed by atoms with E-state index in [1.165, 1.54) is 16.4 Å². The van der Waals surface area contributed by atoms with Crippen molar-refractivity contribution in [1.82, 2.24) is 19.0 Å². The van der Waals surface area contributed by atoms with Crippen molar-refractivity contribution in [3.8, 4) is 0 Å². The summed E-state index contributed by atoms with van der Waals surface area (Å²) in [6.45, 7) is 8.81. The Kier molecular flexibility index (Phi) is 6.46. The number of aromatic nitrogens is 2. The van der Waals surface area contributed by atoms with Crippen molar-refractivity contribution in [2.45, 2.75) is 45.1 Å². The van der Waals surface area contributed by atoms with E-state index in [-0.39, 0.29) is 48.6 Å². The number of amides is 1. The number of hydrogen-bond donors (Lipinski definition) is 0. The Morgan fingerprint density at radius 1 is 1.19 bits per heavy atom. The lowest BCUT2D eigenvalue weighted by Crippen LogP contribution is -2.50. The summed E-state index contributed by atoms with van der Waals surface area (Å²) in [6.07, 6.45) is 0. The third-order valence-electron chi connectivity index (χ3n) is 5.44. The van der Waals surface area contributed by atoms with E-state index in [4.69, 9.17) is 0 Å². The molecule has 0 aliphatic carbocycles. The van der Waals surface area contributed by atoms with E-state index in [0.29, 0.717) is 17.8 Å². The van der Waals surface area contributed by atoms with Crippen molar-refractivity contribution in [3.63, 3.8) is 0 Å². The van der Waals surface area contributed by atoms with E-state index in [1.54, 1.807) is 22.6 Å². The van der Waals surface area contributed by atoms with Crippen LogP contribution in [0.1, 0.15) is 48.4 Å². The number of benzene rings is 1. The first-order chi connectivity index (χ1) is 14.6. The molecule has 1 fully saturated rings. The van der Waals surface area contributed by atoms with Gasteiger partial charge in [-0.05, 0) is 31.4 Å². The standard InChI is InChI=1S/C20H27N5O5S/c1-5-24-18(13-17(21-24)14(2)3)20(26)22-8-10-23(11-9-22)31(29,30)19-12-16(25(27)28)7-6-15(19)4/h6-7,12-14H,5,8-11H2,1-4H3. The van der Waals surface area contributed by atoms with Crippen LogP contribution in [0.3, 0.4) is 0 Å². The highest BCUT2D eigenvalue weighted by Crippen LogP contribution is 2.26. The fourth-order valence-corrected chi connectivity index (χ4v) is 5.21. The molecule has 168 valence electrons. The van der Waals surface area contributed by atoms with Gasteiger partial charge < -0.3 is 4.90 Å². The molecule has 10 nitrogen and oxygen atoms in total. The Balaban J connectivity index is 1.77. The summed E-state index contributed by atoms with van der Waals surface area (Å²) >= 11 is 0. The lowest BCUT2D eigenvalue weighted by Gasteiger charge is -2.34. The second kappa shape index (κ2) is 8.75. The smallest absolute Gasteiger partial charge is 0.272 e. The molecule has 2 aromatic rings. The van der Waals surface area contributed by atoms with Crippen molar-refractivity contribution < 1.29 is 18.1 Å². The van der Waals surface area contributed by atoms with Crippen LogP contribution < -0.4 is 0 Å². The number of nitro benzene ring substituents is 1. The Hall–Kier alpha value is -2.79. The van der Waals surface area contributed by atoms with Gasteiger partial charge in [0.15, 0.2) is 0 Å². The molecule has 0 unspecified atom stereocenters. The summed E-state index contributed by atoms with van der Waals surface area (Å²) in [6, 6.07) is 5.61. The van der Waals surface area contributed by atoms with Crippen LogP contribution in [-0.2, 0) is 16.6 Å². The van der Waals surface area contributed by atoms with Crippen LogP contribution in [0.4, 0.5) is 5.69 Å². The van der Waals surface area contributed by atoms with Gasteiger partial charge in [0, 0.05) is 44.9 Å². The van der Waals surface area contributed by atoms with Gasteiger partial charge in [0.2, 0.25) is 10.0 Å². The third-order valence-corrected chi connectivity index (χ3v) is 7.48. The molecule has 0 radical (unpaired) electrons. The van der Waals surface area contributed by atoms with E-state index in [0.717, 1.165) is 11.8 Å². The predicted molar refractivity (Wildman–Crippen MR) is 114 cm³/mol. The maximum atomic E-state index is 13.1. The van der Waals surface area contributed by atoms with E-state index < -0.39 is 14.9 Å². The first-order valence-corrected chi connectivity index (χ1v) is 11.6. The Morgan fingerprint density at radius 2 is 1.84 bits per heavy atom. The van der Waals surface area contributed by atoms with Gasteiger partial charge in [0.25, 0.3) is 11.6 Å². The third kappa shape index (κ3) is 4.47. The molecule has 0 atom stereocenters.